The fourth-order valence-electron chi connectivity index (χ4n) is 3.23. The number of nitrogens with one attached hydrogen (secondary N) is 1. The molecule has 0 radical (unpaired) electrons. The molecular weight excluding hydrogens is 244 g/mol. The van der Waals surface area contributed by atoms with Crippen LogP contribution in [0.3, 0.4) is 0 Å². The lowest BCUT2D eigenvalue weighted by atomic mass is 10.0. The molecule has 1 aromatic rings. The molecule has 1 aliphatic rings. The van der Waals surface area contributed by atoms with Crippen LogP contribution in [0, 0.1) is 5.92 Å². The summed E-state index contributed by atoms with van der Waals surface area (Å²) in [5, 5.41) is 3.81. The van der Waals surface area contributed by atoms with Gasteiger partial charge in [-0.15, -0.1) is 0 Å². The van der Waals surface area contributed by atoms with Gasteiger partial charge in [0.1, 0.15) is 0 Å². The lowest BCUT2D eigenvalue weighted by Crippen LogP contribution is -2.46. The number of benzene rings is 1. The van der Waals surface area contributed by atoms with Crippen molar-refractivity contribution in [3.05, 3.63) is 35.9 Å². The van der Waals surface area contributed by atoms with E-state index in [1.165, 1.54) is 38.0 Å². The predicted molar refractivity (Wildman–Crippen MR) is 87.0 cm³/mol. The highest BCUT2D eigenvalue weighted by Gasteiger charge is 2.20. The highest BCUT2D eigenvalue weighted by molar-refractivity contribution is 5.15. The van der Waals surface area contributed by atoms with Gasteiger partial charge in [-0.05, 0) is 50.8 Å². The molecule has 1 N–H and O–H groups in total. The molecule has 0 spiro atoms. The molecule has 112 valence electrons. The number of likely N-dealkylation sites (tertiary alicyclic amines) is 1. The normalized spacial score (nSPS) is 19.4. The Hall–Kier alpha value is -0.860. The monoisotopic (exact) mass is 274 g/mol. The number of nitrogens with zero attached hydrogens (tertiary/aromatic N) is 1. The average Bonchev–Trinajstić information content (AvgIpc) is 2.41. The fraction of sp³-hybridized carbons (Fsp3) is 0.667. The van der Waals surface area contributed by atoms with Crippen molar-refractivity contribution in [2.75, 3.05) is 19.6 Å². The third kappa shape index (κ3) is 5.26. The van der Waals surface area contributed by atoms with Crippen LogP contribution in [-0.2, 0) is 6.42 Å². The Labute approximate surface area is 124 Å². The second-order valence-corrected chi connectivity index (χ2v) is 6.73. The second-order valence-electron chi connectivity index (χ2n) is 6.73. The minimum Gasteiger partial charge on any atom is -0.311 e. The maximum atomic E-state index is 3.81. The van der Waals surface area contributed by atoms with E-state index in [0.717, 1.165) is 12.3 Å². The zero-order valence-corrected chi connectivity index (χ0v) is 13.3. The van der Waals surface area contributed by atoms with E-state index in [9.17, 15) is 0 Å². The Bertz CT molecular complexity index is 366. The average molecular weight is 274 g/mol. The number of rotatable bonds is 6. The van der Waals surface area contributed by atoms with Gasteiger partial charge in [0.05, 0.1) is 0 Å². The van der Waals surface area contributed by atoms with E-state index >= 15 is 0 Å². The molecule has 1 aliphatic heterocycles. The van der Waals surface area contributed by atoms with Crippen molar-refractivity contribution in [1.29, 1.82) is 0 Å². The maximum Gasteiger partial charge on any atom is 0.00940 e. The molecule has 0 aliphatic carbocycles. The van der Waals surface area contributed by atoms with Gasteiger partial charge in [-0.2, -0.15) is 0 Å². The van der Waals surface area contributed by atoms with E-state index in [0.29, 0.717) is 12.1 Å². The SMILES string of the molecule is CC(C)CN1CCC(NC(C)Cc2ccccc2)CC1. The molecule has 1 aromatic carbocycles. The minimum atomic E-state index is 0.569. The topological polar surface area (TPSA) is 15.3 Å². The fourth-order valence-corrected chi connectivity index (χ4v) is 3.23. The van der Waals surface area contributed by atoms with Crippen LogP contribution in [0.25, 0.3) is 0 Å². The summed E-state index contributed by atoms with van der Waals surface area (Å²) in [6.07, 6.45) is 3.73. The van der Waals surface area contributed by atoms with Gasteiger partial charge in [0.2, 0.25) is 0 Å². The summed E-state index contributed by atoms with van der Waals surface area (Å²) in [7, 11) is 0. The first-order chi connectivity index (χ1) is 9.63. The van der Waals surface area contributed by atoms with Gasteiger partial charge in [-0.3, -0.25) is 0 Å². The van der Waals surface area contributed by atoms with Gasteiger partial charge in [-0.25, -0.2) is 0 Å². The quantitative estimate of drug-likeness (QED) is 0.856. The van der Waals surface area contributed by atoms with Crippen LogP contribution in [0.5, 0.6) is 0 Å². The third-order valence-corrected chi connectivity index (χ3v) is 4.12. The van der Waals surface area contributed by atoms with Gasteiger partial charge in [0.15, 0.2) is 0 Å². The van der Waals surface area contributed by atoms with Gasteiger partial charge < -0.3 is 10.2 Å². The summed E-state index contributed by atoms with van der Waals surface area (Å²) in [5.74, 6) is 0.788. The van der Waals surface area contributed by atoms with Gasteiger partial charge >= 0.3 is 0 Å². The minimum absolute atomic E-state index is 0.569. The van der Waals surface area contributed by atoms with E-state index in [4.69, 9.17) is 0 Å². The van der Waals surface area contributed by atoms with Crippen LogP contribution in [0.4, 0.5) is 0 Å². The van der Waals surface area contributed by atoms with E-state index in [1.54, 1.807) is 0 Å². The lowest BCUT2D eigenvalue weighted by Gasteiger charge is -2.34. The van der Waals surface area contributed by atoms with E-state index in [1.807, 2.05) is 0 Å². The van der Waals surface area contributed by atoms with Gasteiger partial charge in [-0.1, -0.05) is 44.2 Å². The Morgan fingerprint density at radius 3 is 2.35 bits per heavy atom. The molecule has 0 saturated carbocycles. The van der Waals surface area contributed by atoms with Crippen molar-refractivity contribution in [3.8, 4) is 0 Å². The first-order valence-electron chi connectivity index (χ1n) is 8.16. The van der Waals surface area contributed by atoms with Crippen molar-refractivity contribution in [3.63, 3.8) is 0 Å². The Morgan fingerprint density at radius 2 is 1.75 bits per heavy atom. The Morgan fingerprint density at radius 1 is 1.10 bits per heavy atom. The highest BCUT2D eigenvalue weighted by Crippen LogP contribution is 2.13. The van der Waals surface area contributed by atoms with E-state index in [-0.39, 0.29) is 0 Å². The Kier molecular flexibility index (Phi) is 6.06. The molecule has 2 heteroatoms. The first-order valence-corrected chi connectivity index (χ1v) is 8.16. The summed E-state index contributed by atoms with van der Waals surface area (Å²) >= 11 is 0. The number of hydrogen-bond donors (Lipinski definition) is 1. The number of hydrogen-bond acceptors (Lipinski definition) is 2. The van der Waals surface area contributed by atoms with Crippen molar-refractivity contribution in [1.82, 2.24) is 10.2 Å². The molecule has 1 heterocycles. The van der Waals surface area contributed by atoms with E-state index in [2.05, 4.69) is 61.3 Å². The van der Waals surface area contributed by atoms with Crippen LogP contribution in [0.1, 0.15) is 39.2 Å². The standard InChI is InChI=1S/C18H30N2/c1-15(2)14-20-11-9-18(10-12-20)19-16(3)13-17-7-5-4-6-8-17/h4-8,15-16,18-19H,9-14H2,1-3H3. The second kappa shape index (κ2) is 7.80. The summed E-state index contributed by atoms with van der Waals surface area (Å²) in [5.41, 5.74) is 1.43. The van der Waals surface area contributed by atoms with Crippen molar-refractivity contribution >= 4 is 0 Å². The zero-order chi connectivity index (χ0) is 14.4. The van der Waals surface area contributed by atoms with Crippen molar-refractivity contribution in [2.45, 2.75) is 52.1 Å². The molecule has 2 rings (SSSR count). The molecule has 0 amide bonds. The van der Waals surface area contributed by atoms with Gasteiger partial charge in [0, 0.05) is 18.6 Å². The van der Waals surface area contributed by atoms with Crippen LogP contribution < -0.4 is 5.32 Å². The van der Waals surface area contributed by atoms with Gasteiger partial charge in [0.25, 0.3) is 0 Å². The van der Waals surface area contributed by atoms with Crippen LogP contribution in [-0.4, -0.2) is 36.6 Å². The third-order valence-electron chi connectivity index (χ3n) is 4.12. The largest absolute Gasteiger partial charge is 0.311 e. The van der Waals surface area contributed by atoms with Crippen LogP contribution >= 0.6 is 0 Å². The summed E-state index contributed by atoms with van der Waals surface area (Å²) in [6.45, 7) is 10.7. The highest BCUT2D eigenvalue weighted by atomic mass is 15.1. The smallest absolute Gasteiger partial charge is 0.00940 e. The van der Waals surface area contributed by atoms with Crippen LogP contribution in [0.2, 0.25) is 0 Å². The summed E-state index contributed by atoms with van der Waals surface area (Å²) < 4.78 is 0. The molecule has 20 heavy (non-hydrogen) atoms. The maximum absolute atomic E-state index is 3.81. The molecule has 1 fully saturated rings. The molecule has 2 nitrogen and oxygen atoms in total. The molecule has 1 saturated heterocycles. The first kappa shape index (κ1) is 15.5. The zero-order valence-electron chi connectivity index (χ0n) is 13.3. The number of piperidine rings is 1. The lowest BCUT2D eigenvalue weighted by molar-refractivity contribution is 0.175. The van der Waals surface area contributed by atoms with E-state index < -0.39 is 0 Å². The molecule has 1 unspecified atom stereocenters. The summed E-state index contributed by atoms with van der Waals surface area (Å²) in [6, 6.07) is 12.1. The predicted octanol–water partition coefficient (Wildman–Crippen LogP) is 3.33. The van der Waals surface area contributed by atoms with Crippen LogP contribution in [0.15, 0.2) is 30.3 Å². The molecule has 0 aromatic heterocycles. The molecular formula is C18H30N2. The summed E-state index contributed by atoms with van der Waals surface area (Å²) in [4.78, 5) is 2.62. The Balaban J connectivity index is 1.70. The van der Waals surface area contributed by atoms with Crippen molar-refractivity contribution in [2.24, 2.45) is 5.92 Å². The van der Waals surface area contributed by atoms with Crippen molar-refractivity contribution < 1.29 is 0 Å². The molecule has 0 bridgehead atoms. The molecule has 1 atom stereocenters.